The number of carbonyl (C=O) groups excluding carboxylic acids is 1. The molecule has 6 heteroatoms. The summed E-state index contributed by atoms with van der Waals surface area (Å²) in [7, 11) is 0. The van der Waals surface area contributed by atoms with Gasteiger partial charge in [0.15, 0.2) is 0 Å². The van der Waals surface area contributed by atoms with E-state index < -0.39 is 10.7 Å². The van der Waals surface area contributed by atoms with Crippen molar-refractivity contribution in [2.24, 2.45) is 0 Å². The number of aromatic amines is 1. The van der Waals surface area contributed by atoms with E-state index in [-0.39, 0.29) is 11.6 Å². The van der Waals surface area contributed by atoms with E-state index in [0.717, 1.165) is 18.6 Å². The Balaban J connectivity index is 2.19. The maximum atomic E-state index is 12.2. The number of hydrogen-bond acceptors (Lipinski definition) is 3. The maximum absolute atomic E-state index is 12.2. The van der Waals surface area contributed by atoms with Crippen LogP contribution in [0, 0.1) is 6.92 Å². The van der Waals surface area contributed by atoms with E-state index in [1.165, 1.54) is 0 Å². The van der Waals surface area contributed by atoms with Crippen LogP contribution in [0.4, 0.5) is 5.69 Å². The quantitative estimate of drug-likeness (QED) is 0.785. The molecule has 0 aromatic carbocycles. The third-order valence-corrected chi connectivity index (χ3v) is 4.63. The molecule has 2 heterocycles. The predicted octanol–water partition coefficient (Wildman–Crippen LogP) is 2.25. The molecule has 2 rings (SSSR count). The summed E-state index contributed by atoms with van der Waals surface area (Å²) < 4.78 is -0.444. The van der Waals surface area contributed by atoms with Gasteiger partial charge in [-0.15, -0.1) is 11.8 Å². The Kier molecular flexibility index (Phi) is 3.38. The molecule has 5 nitrogen and oxygen atoms in total. The van der Waals surface area contributed by atoms with Gasteiger partial charge in [-0.25, -0.2) is 4.79 Å². The lowest BCUT2D eigenvalue weighted by atomic mass is 10.0. The number of amides is 1. The van der Waals surface area contributed by atoms with Crippen molar-refractivity contribution in [2.45, 2.75) is 31.4 Å². The van der Waals surface area contributed by atoms with Crippen molar-refractivity contribution in [3.63, 3.8) is 0 Å². The number of H-pyrrole nitrogens is 1. The number of aromatic nitrogens is 1. The molecule has 1 aliphatic heterocycles. The van der Waals surface area contributed by atoms with E-state index in [9.17, 15) is 9.59 Å². The molecule has 0 radical (unpaired) electrons. The highest BCUT2D eigenvalue weighted by molar-refractivity contribution is 8.01. The number of carboxylic acids is 1. The first-order chi connectivity index (χ1) is 8.42. The molecule has 0 bridgehead atoms. The molecule has 1 aromatic heterocycles. The second-order valence-corrected chi connectivity index (χ2v) is 6.28. The number of aryl methyl sites for hydroxylation is 1. The van der Waals surface area contributed by atoms with Crippen molar-refractivity contribution in [1.82, 2.24) is 4.98 Å². The van der Waals surface area contributed by atoms with Crippen LogP contribution in [0.1, 0.15) is 35.9 Å². The lowest BCUT2D eigenvalue weighted by Crippen LogP contribution is -2.35. The molecule has 0 aliphatic carbocycles. The number of carbonyl (C=O) groups is 2. The zero-order chi connectivity index (χ0) is 13.3. The third kappa shape index (κ3) is 2.38. The number of aromatic carboxylic acids is 1. The number of nitrogens with one attached hydrogen (secondary N) is 2. The van der Waals surface area contributed by atoms with Gasteiger partial charge in [-0.1, -0.05) is 0 Å². The summed E-state index contributed by atoms with van der Waals surface area (Å²) in [4.78, 5) is 25.9. The molecule has 0 saturated carbocycles. The van der Waals surface area contributed by atoms with Crippen LogP contribution in [-0.4, -0.2) is 32.5 Å². The molecule has 1 fully saturated rings. The maximum Gasteiger partial charge on any atom is 0.354 e. The normalized spacial score (nSPS) is 23.0. The minimum Gasteiger partial charge on any atom is -0.477 e. The fraction of sp³-hybridized carbons (Fsp3) is 0.500. The fourth-order valence-electron chi connectivity index (χ4n) is 2.07. The van der Waals surface area contributed by atoms with Gasteiger partial charge in [0.05, 0.1) is 10.4 Å². The van der Waals surface area contributed by atoms with E-state index in [1.807, 2.05) is 6.92 Å². The van der Waals surface area contributed by atoms with Crippen molar-refractivity contribution in [3.05, 3.63) is 17.5 Å². The van der Waals surface area contributed by atoms with Crippen LogP contribution in [0.15, 0.2) is 6.07 Å². The first-order valence-electron chi connectivity index (χ1n) is 5.81. The zero-order valence-electron chi connectivity index (χ0n) is 10.4. The Labute approximate surface area is 109 Å². The van der Waals surface area contributed by atoms with Crippen molar-refractivity contribution in [3.8, 4) is 0 Å². The summed E-state index contributed by atoms with van der Waals surface area (Å²) >= 11 is 1.62. The first-order valence-corrected chi connectivity index (χ1v) is 6.79. The number of hydrogen-bond donors (Lipinski definition) is 3. The number of carboxylic acid groups (broad SMARTS) is 1. The predicted molar refractivity (Wildman–Crippen MR) is 71.2 cm³/mol. The molecule has 3 N–H and O–H groups in total. The standard InChI is InChI=1S/C12H16N2O3S/c1-7-6-8(9(13-7)10(15)16)14-11(17)12(2)4-3-5-18-12/h6,13H,3-5H2,1-2H3,(H,14,17)(H,15,16). The topological polar surface area (TPSA) is 82.2 Å². The Morgan fingerprint density at radius 3 is 2.83 bits per heavy atom. The summed E-state index contributed by atoms with van der Waals surface area (Å²) in [6, 6.07) is 1.64. The Hall–Kier alpha value is -1.43. The molecule has 1 amide bonds. The Morgan fingerprint density at radius 1 is 1.56 bits per heavy atom. The summed E-state index contributed by atoms with van der Waals surface area (Å²) in [6.45, 7) is 3.66. The van der Waals surface area contributed by atoms with Gasteiger partial charge < -0.3 is 15.4 Å². The highest BCUT2D eigenvalue weighted by Crippen LogP contribution is 2.38. The van der Waals surface area contributed by atoms with Gasteiger partial charge in [-0.2, -0.15) is 0 Å². The van der Waals surface area contributed by atoms with E-state index in [4.69, 9.17) is 5.11 Å². The molecule has 1 unspecified atom stereocenters. The van der Waals surface area contributed by atoms with Gasteiger partial charge in [0.2, 0.25) is 5.91 Å². The summed E-state index contributed by atoms with van der Waals surface area (Å²) in [5.74, 6) is -0.212. The SMILES string of the molecule is Cc1cc(NC(=O)C2(C)CCCS2)c(C(=O)O)[nH]1. The molecular weight excluding hydrogens is 252 g/mol. The zero-order valence-corrected chi connectivity index (χ0v) is 11.2. The van der Waals surface area contributed by atoms with Crippen molar-refractivity contribution >= 4 is 29.3 Å². The van der Waals surface area contributed by atoms with Crippen LogP contribution < -0.4 is 5.32 Å². The minimum atomic E-state index is -1.07. The smallest absolute Gasteiger partial charge is 0.354 e. The van der Waals surface area contributed by atoms with Crippen LogP contribution in [-0.2, 0) is 4.79 Å². The molecule has 98 valence electrons. The molecule has 0 spiro atoms. The van der Waals surface area contributed by atoms with Crippen molar-refractivity contribution < 1.29 is 14.7 Å². The van der Waals surface area contributed by atoms with E-state index in [1.54, 1.807) is 24.8 Å². The molecule has 1 aromatic rings. The lowest BCUT2D eigenvalue weighted by Gasteiger charge is -2.21. The van der Waals surface area contributed by atoms with E-state index >= 15 is 0 Å². The van der Waals surface area contributed by atoms with Gasteiger partial charge in [0.1, 0.15) is 5.69 Å². The van der Waals surface area contributed by atoms with E-state index in [2.05, 4.69) is 10.3 Å². The van der Waals surface area contributed by atoms with Crippen LogP contribution in [0.3, 0.4) is 0 Å². The van der Waals surface area contributed by atoms with Gasteiger partial charge >= 0.3 is 5.97 Å². The summed E-state index contributed by atoms with van der Waals surface area (Å²) in [6.07, 6.45) is 1.85. The second kappa shape index (κ2) is 4.68. The van der Waals surface area contributed by atoms with Crippen LogP contribution in [0.5, 0.6) is 0 Å². The lowest BCUT2D eigenvalue weighted by molar-refractivity contribution is -0.118. The largest absolute Gasteiger partial charge is 0.477 e. The van der Waals surface area contributed by atoms with E-state index in [0.29, 0.717) is 11.4 Å². The molecule has 1 saturated heterocycles. The molecule has 1 aliphatic rings. The van der Waals surface area contributed by atoms with Gasteiger partial charge in [0, 0.05) is 5.69 Å². The highest BCUT2D eigenvalue weighted by Gasteiger charge is 2.37. The second-order valence-electron chi connectivity index (χ2n) is 4.68. The number of anilines is 1. The van der Waals surface area contributed by atoms with Gasteiger partial charge in [-0.05, 0) is 38.5 Å². The average Bonchev–Trinajstić information content (AvgIpc) is 2.86. The highest BCUT2D eigenvalue weighted by atomic mass is 32.2. The monoisotopic (exact) mass is 268 g/mol. The fourth-order valence-corrected chi connectivity index (χ4v) is 3.28. The van der Waals surface area contributed by atoms with Gasteiger partial charge in [0.25, 0.3) is 0 Å². The minimum absolute atomic E-state index is 0.0347. The summed E-state index contributed by atoms with van der Waals surface area (Å²) in [5.41, 5.74) is 1.10. The molecule has 1 atom stereocenters. The van der Waals surface area contributed by atoms with Crippen molar-refractivity contribution in [2.75, 3.05) is 11.1 Å². The third-order valence-electron chi connectivity index (χ3n) is 3.11. The first kappa shape index (κ1) is 13.0. The number of thioether (sulfide) groups is 1. The molecular formula is C12H16N2O3S. The number of rotatable bonds is 3. The summed E-state index contributed by atoms with van der Waals surface area (Å²) in [5, 5.41) is 11.8. The van der Waals surface area contributed by atoms with Crippen LogP contribution in [0.25, 0.3) is 0 Å². The Bertz CT molecular complexity index is 490. The van der Waals surface area contributed by atoms with Crippen LogP contribution >= 0.6 is 11.8 Å². The van der Waals surface area contributed by atoms with Gasteiger partial charge in [-0.3, -0.25) is 4.79 Å². The molecule has 18 heavy (non-hydrogen) atoms. The average molecular weight is 268 g/mol. The van der Waals surface area contributed by atoms with Crippen molar-refractivity contribution in [1.29, 1.82) is 0 Å². The Morgan fingerprint density at radius 2 is 2.28 bits per heavy atom. The van der Waals surface area contributed by atoms with Crippen LogP contribution in [0.2, 0.25) is 0 Å².